The van der Waals surface area contributed by atoms with Gasteiger partial charge in [-0.2, -0.15) is 0 Å². The van der Waals surface area contributed by atoms with Gasteiger partial charge in [-0.3, -0.25) is 9.00 Å². The SMILES string of the molecule is CC(=O)C(C)S(=O)Cc1cccc(C)c1. The Labute approximate surface area is 93.2 Å². The predicted octanol–water partition coefficient (Wildman–Crippen LogP) is 2.22. The van der Waals surface area contributed by atoms with Crippen LogP contribution in [0.3, 0.4) is 0 Å². The van der Waals surface area contributed by atoms with Crippen molar-refractivity contribution >= 4 is 16.6 Å². The Bertz CT molecular complexity index is 385. The minimum Gasteiger partial charge on any atom is -0.299 e. The Morgan fingerprint density at radius 3 is 2.67 bits per heavy atom. The molecule has 0 N–H and O–H groups in total. The second-order valence-corrected chi connectivity index (χ2v) is 5.52. The van der Waals surface area contributed by atoms with E-state index in [-0.39, 0.29) is 11.0 Å². The van der Waals surface area contributed by atoms with Crippen LogP contribution in [0, 0.1) is 6.92 Å². The van der Waals surface area contributed by atoms with Crippen LogP contribution in [0.1, 0.15) is 25.0 Å². The molecule has 0 aliphatic rings. The molecule has 0 bridgehead atoms. The van der Waals surface area contributed by atoms with Gasteiger partial charge in [0, 0.05) is 16.6 Å². The molecule has 0 aliphatic heterocycles. The van der Waals surface area contributed by atoms with Crippen LogP contribution in [-0.4, -0.2) is 15.2 Å². The molecule has 0 aromatic heterocycles. The molecule has 2 unspecified atom stereocenters. The summed E-state index contributed by atoms with van der Waals surface area (Å²) in [6.45, 7) is 5.20. The van der Waals surface area contributed by atoms with Crippen molar-refractivity contribution < 1.29 is 9.00 Å². The van der Waals surface area contributed by atoms with E-state index >= 15 is 0 Å². The maximum atomic E-state index is 11.8. The van der Waals surface area contributed by atoms with Crippen molar-refractivity contribution in [1.29, 1.82) is 0 Å². The second-order valence-electron chi connectivity index (χ2n) is 3.77. The minimum atomic E-state index is -1.10. The molecule has 0 amide bonds. The first kappa shape index (κ1) is 12.1. The largest absolute Gasteiger partial charge is 0.299 e. The van der Waals surface area contributed by atoms with E-state index in [1.807, 2.05) is 31.2 Å². The molecular weight excluding hydrogens is 208 g/mol. The molecule has 2 nitrogen and oxygen atoms in total. The molecular formula is C12H16O2S. The lowest BCUT2D eigenvalue weighted by atomic mass is 10.2. The summed E-state index contributed by atoms with van der Waals surface area (Å²) in [6, 6.07) is 7.89. The highest BCUT2D eigenvalue weighted by molar-refractivity contribution is 7.85. The number of Topliss-reactive ketones (excluding diaryl/α,β-unsaturated/α-hetero) is 1. The molecule has 1 aromatic rings. The maximum Gasteiger partial charge on any atom is 0.145 e. The van der Waals surface area contributed by atoms with E-state index in [0.29, 0.717) is 5.75 Å². The number of carbonyl (C=O) groups is 1. The number of benzene rings is 1. The number of rotatable bonds is 4. The van der Waals surface area contributed by atoms with Crippen LogP contribution in [0.2, 0.25) is 0 Å². The van der Waals surface area contributed by atoms with Gasteiger partial charge in [0.2, 0.25) is 0 Å². The fourth-order valence-electron chi connectivity index (χ4n) is 1.28. The molecule has 15 heavy (non-hydrogen) atoms. The van der Waals surface area contributed by atoms with E-state index in [1.165, 1.54) is 6.92 Å². The molecule has 82 valence electrons. The quantitative estimate of drug-likeness (QED) is 0.786. The van der Waals surface area contributed by atoms with Gasteiger partial charge in [-0.15, -0.1) is 0 Å². The third kappa shape index (κ3) is 3.59. The topological polar surface area (TPSA) is 34.1 Å². The van der Waals surface area contributed by atoms with E-state index < -0.39 is 10.8 Å². The van der Waals surface area contributed by atoms with Gasteiger partial charge in [-0.05, 0) is 26.3 Å². The first-order valence-electron chi connectivity index (χ1n) is 4.94. The Hall–Kier alpha value is -0.960. The first-order chi connectivity index (χ1) is 7.00. The van der Waals surface area contributed by atoms with Crippen molar-refractivity contribution in [2.24, 2.45) is 0 Å². The van der Waals surface area contributed by atoms with Crippen LogP contribution in [-0.2, 0) is 21.3 Å². The predicted molar refractivity (Wildman–Crippen MR) is 63.2 cm³/mol. The molecule has 0 saturated carbocycles. The lowest BCUT2D eigenvalue weighted by molar-refractivity contribution is -0.116. The third-order valence-corrected chi connectivity index (χ3v) is 4.10. The molecule has 0 fully saturated rings. The van der Waals surface area contributed by atoms with Crippen molar-refractivity contribution in [3.05, 3.63) is 35.4 Å². The Morgan fingerprint density at radius 1 is 1.47 bits per heavy atom. The maximum absolute atomic E-state index is 11.8. The average Bonchev–Trinajstić information content (AvgIpc) is 2.16. The van der Waals surface area contributed by atoms with Gasteiger partial charge in [0.15, 0.2) is 0 Å². The summed E-state index contributed by atoms with van der Waals surface area (Å²) < 4.78 is 11.8. The van der Waals surface area contributed by atoms with E-state index in [4.69, 9.17) is 0 Å². The fraction of sp³-hybridized carbons (Fsp3) is 0.417. The zero-order valence-corrected chi connectivity index (χ0v) is 10.1. The van der Waals surface area contributed by atoms with Gasteiger partial charge < -0.3 is 0 Å². The van der Waals surface area contributed by atoms with E-state index in [9.17, 15) is 9.00 Å². The first-order valence-corrected chi connectivity index (χ1v) is 6.32. The lowest BCUT2D eigenvalue weighted by Gasteiger charge is -2.08. The zero-order valence-electron chi connectivity index (χ0n) is 9.32. The molecule has 1 rings (SSSR count). The summed E-state index contributed by atoms with van der Waals surface area (Å²) in [5.74, 6) is 0.448. The van der Waals surface area contributed by atoms with Crippen LogP contribution in [0.25, 0.3) is 0 Å². The summed E-state index contributed by atoms with van der Waals surface area (Å²) >= 11 is 0. The average molecular weight is 224 g/mol. The molecule has 0 heterocycles. The van der Waals surface area contributed by atoms with Gasteiger partial charge in [0.25, 0.3) is 0 Å². The summed E-state index contributed by atoms with van der Waals surface area (Å²) in [7, 11) is -1.10. The summed E-state index contributed by atoms with van der Waals surface area (Å²) in [4.78, 5) is 11.0. The summed E-state index contributed by atoms with van der Waals surface area (Å²) in [5, 5.41) is -0.370. The van der Waals surface area contributed by atoms with Crippen LogP contribution in [0.5, 0.6) is 0 Å². The monoisotopic (exact) mass is 224 g/mol. The number of carbonyl (C=O) groups excluding carboxylic acids is 1. The second kappa shape index (κ2) is 5.21. The highest BCUT2D eigenvalue weighted by Crippen LogP contribution is 2.09. The standard InChI is InChI=1S/C12H16O2S/c1-9-5-4-6-12(7-9)8-15(14)11(3)10(2)13/h4-7,11H,8H2,1-3H3. The van der Waals surface area contributed by atoms with Crippen LogP contribution < -0.4 is 0 Å². The molecule has 1 aromatic carbocycles. The summed E-state index contributed by atoms with van der Waals surface area (Å²) in [6.07, 6.45) is 0. The molecule has 3 heteroatoms. The molecule has 2 atom stereocenters. The van der Waals surface area contributed by atoms with E-state index in [0.717, 1.165) is 11.1 Å². The smallest absolute Gasteiger partial charge is 0.145 e. The summed E-state index contributed by atoms with van der Waals surface area (Å²) in [5.41, 5.74) is 2.18. The fourth-order valence-corrected chi connectivity index (χ4v) is 2.40. The number of hydrogen-bond donors (Lipinski definition) is 0. The normalized spacial score (nSPS) is 14.6. The highest BCUT2D eigenvalue weighted by Gasteiger charge is 2.15. The molecule has 0 saturated heterocycles. The van der Waals surface area contributed by atoms with Gasteiger partial charge in [-0.25, -0.2) is 0 Å². The van der Waals surface area contributed by atoms with Crippen molar-refractivity contribution in [3.63, 3.8) is 0 Å². The Morgan fingerprint density at radius 2 is 2.13 bits per heavy atom. The molecule has 0 aliphatic carbocycles. The lowest BCUT2D eigenvalue weighted by Crippen LogP contribution is -2.20. The van der Waals surface area contributed by atoms with Crippen molar-refractivity contribution in [2.45, 2.75) is 31.8 Å². The van der Waals surface area contributed by atoms with Gasteiger partial charge in [0.1, 0.15) is 5.78 Å². The number of hydrogen-bond acceptors (Lipinski definition) is 2. The van der Waals surface area contributed by atoms with Crippen LogP contribution >= 0.6 is 0 Å². The van der Waals surface area contributed by atoms with Gasteiger partial charge in [-0.1, -0.05) is 29.8 Å². The van der Waals surface area contributed by atoms with Crippen LogP contribution in [0.4, 0.5) is 0 Å². The van der Waals surface area contributed by atoms with Crippen molar-refractivity contribution in [3.8, 4) is 0 Å². The molecule has 0 spiro atoms. The third-order valence-electron chi connectivity index (χ3n) is 2.36. The van der Waals surface area contributed by atoms with E-state index in [2.05, 4.69) is 0 Å². The van der Waals surface area contributed by atoms with Crippen molar-refractivity contribution in [2.75, 3.05) is 0 Å². The zero-order chi connectivity index (χ0) is 11.4. The van der Waals surface area contributed by atoms with Gasteiger partial charge in [0.05, 0.1) is 5.25 Å². The Balaban J connectivity index is 2.70. The van der Waals surface area contributed by atoms with Crippen molar-refractivity contribution in [1.82, 2.24) is 0 Å². The minimum absolute atomic E-state index is 0.0130. The van der Waals surface area contributed by atoms with Gasteiger partial charge >= 0.3 is 0 Å². The number of ketones is 1. The van der Waals surface area contributed by atoms with Crippen LogP contribution in [0.15, 0.2) is 24.3 Å². The number of aryl methyl sites for hydroxylation is 1. The highest BCUT2D eigenvalue weighted by atomic mass is 32.2. The molecule has 0 radical (unpaired) electrons. The Kier molecular flexibility index (Phi) is 4.21. The van der Waals surface area contributed by atoms with E-state index in [1.54, 1.807) is 6.92 Å².